The molecule has 0 bridgehead atoms. The van der Waals surface area contributed by atoms with Crippen LogP contribution in [0.25, 0.3) is 11.1 Å². The van der Waals surface area contributed by atoms with Gasteiger partial charge < -0.3 is 4.74 Å². The molecule has 0 spiro atoms. The van der Waals surface area contributed by atoms with Crippen LogP contribution in [0.5, 0.6) is 5.75 Å². The summed E-state index contributed by atoms with van der Waals surface area (Å²) in [6.07, 6.45) is -4.37. The molecule has 3 aromatic rings. The average Bonchev–Trinajstić information content (AvgIpc) is 2.66. The molecule has 0 aliphatic rings. The van der Waals surface area contributed by atoms with Gasteiger partial charge in [0.15, 0.2) is 0 Å². The summed E-state index contributed by atoms with van der Waals surface area (Å²) in [5.74, 6) is 0.437. The molecule has 0 atom stereocenters. The van der Waals surface area contributed by atoms with E-state index in [0.717, 1.165) is 17.7 Å². The Balaban J connectivity index is 1.81. The van der Waals surface area contributed by atoms with Crippen molar-refractivity contribution in [3.63, 3.8) is 0 Å². The molecule has 0 heterocycles. The number of alkyl halides is 3. The fourth-order valence-electron chi connectivity index (χ4n) is 2.51. The summed E-state index contributed by atoms with van der Waals surface area (Å²) in [4.78, 5) is 0. The molecule has 0 N–H and O–H groups in total. The first kappa shape index (κ1) is 17.6. The number of hydrogen-bond donors (Lipinski definition) is 0. The maximum atomic E-state index is 12.7. The van der Waals surface area contributed by atoms with E-state index in [-0.39, 0.29) is 0 Å². The number of rotatable bonds is 4. The summed E-state index contributed by atoms with van der Waals surface area (Å²) in [5.41, 5.74) is 1.86. The van der Waals surface area contributed by atoms with Crippen molar-refractivity contribution in [3.05, 3.63) is 89.5 Å². The predicted octanol–water partition coefficient (Wildman–Crippen LogP) is 5.82. The summed E-state index contributed by atoms with van der Waals surface area (Å²) in [7, 11) is 0. The van der Waals surface area contributed by atoms with Gasteiger partial charge in [0.2, 0.25) is 0 Å². The van der Waals surface area contributed by atoms with Crippen LogP contribution in [-0.4, -0.2) is 0 Å². The van der Waals surface area contributed by atoms with Crippen molar-refractivity contribution in [2.75, 3.05) is 0 Å². The van der Waals surface area contributed by atoms with E-state index >= 15 is 0 Å². The van der Waals surface area contributed by atoms with Crippen LogP contribution in [-0.2, 0) is 12.8 Å². The molecule has 3 aromatic carbocycles. The maximum Gasteiger partial charge on any atom is 0.416 e. The zero-order valence-corrected chi connectivity index (χ0v) is 13.6. The molecule has 0 aliphatic heterocycles. The van der Waals surface area contributed by atoms with Crippen LogP contribution in [0.15, 0.2) is 72.8 Å². The van der Waals surface area contributed by atoms with Crippen molar-refractivity contribution in [1.82, 2.24) is 0 Å². The number of nitriles is 1. The van der Waals surface area contributed by atoms with Crippen molar-refractivity contribution >= 4 is 0 Å². The number of benzene rings is 3. The van der Waals surface area contributed by atoms with Gasteiger partial charge in [-0.05, 0) is 41.0 Å². The Hall–Kier alpha value is -3.26. The van der Waals surface area contributed by atoms with Crippen LogP contribution in [0, 0.1) is 11.3 Å². The van der Waals surface area contributed by atoms with Crippen molar-refractivity contribution in [1.29, 1.82) is 5.26 Å². The molecular formula is C21H14F3NO. The Bertz CT molecular complexity index is 926. The van der Waals surface area contributed by atoms with E-state index in [4.69, 9.17) is 4.74 Å². The van der Waals surface area contributed by atoms with Crippen LogP contribution in [0.1, 0.15) is 16.7 Å². The molecule has 0 amide bonds. The molecule has 2 nitrogen and oxygen atoms in total. The van der Waals surface area contributed by atoms with Crippen molar-refractivity contribution in [3.8, 4) is 22.9 Å². The van der Waals surface area contributed by atoms with Gasteiger partial charge >= 0.3 is 6.18 Å². The molecule has 0 saturated carbocycles. The quantitative estimate of drug-likeness (QED) is 0.592. The van der Waals surface area contributed by atoms with Crippen LogP contribution in [0.4, 0.5) is 13.2 Å². The lowest BCUT2D eigenvalue weighted by atomic mass is 10.0. The van der Waals surface area contributed by atoms with Crippen LogP contribution < -0.4 is 4.74 Å². The minimum Gasteiger partial charge on any atom is -0.488 e. The molecule has 0 aliphatic carbocycles. The summed E-state index contributed by atoms with van der Waals surface area (Å²) in [6.45, 7) is 0.329. The van der Waals surface area contributed by atoms with Gasteiger partial charge in [-0.3, -0.25) is 0 Å². The summed E-state index contributed by atoms with van der Waals surface area (Å²) in [5, 5.41) is 9.36. The summed E-state index contributed by atoms with van der Waals surface area (Å²) >= 11 is 0. The predicted molar refractivity (Wildman–Crippen MR) is 92.4 cm³/mol. The highest BCUT2D eigenvalue weighted by Crippen LogP contribution is 2.32. The molecule has 3 rings (SSSR count). The third kappa shape index (κ3) is 4.04. The fraction of sp³-hybridized carbons (Fsp3) is 0.0952. The SMILES string of the molecule is N#Cc1cc(-c2ccc(C(F)(F)F)cc2)ccc1OCc1ccccc1. The van der Waals surface area contributed by atoms with Crippen molar-refractivity contribution in [2.45, 2.75) is 12.8 Å². The lowest BCUT2D eigenvalue weighted by molar-refractivity contribution is -0.137. The van der Waals surface area contributed by atoms with E-state index in [1.54, 1.807) is 18.2 Å². The Morgan fingerprint density at radius 3 is 2.12 bits per heavy atom. The lowest BCUT2D eigenvalue weighted by Crippen LogP contribution is -2.04. The summed E-state index contributed by atoms with van der Waals surface area (Å²) in [6, 6.07) is 21.5. The maximum absolute atomic E-state index is 12.7. The Labute approximate surface area is 149 Å². The topological polar surface area (TPSA) is 33.0 Å². The zero-order valence-electron chi connectivity index (χ0n) is 13.6. The Morgan fingerprint density at radius 2 is 1.50 bits per heavy atom. The third-order valence-corrected chi connectivity index (χ3v) is 3.88. The standard InChI is InChI=1S/C21H14F3NO/c22-21(23,24)19-9-6-16(7-10-19)17-8-11-20(18(12-17)13-25)26-14-15-4-2-1-3-5-15/h1-12H,14H2. The first-order valence-electron chi connectivity index (χ1n) is 7.86. The van der Waals surface area contributed by atoms with E-state index in [1.165, 1.54) is 12.1 Å². The molecule has 26 heavy (non-hydrogen) atoms. The first-order valence-corrected chi connectivity index (χ1v) is 7.86. The average molecular weight is 353 g/mol. The van der Waals surface area contributed by atoms with Crippen LogP contribution in [0.2, 0.25) is 0 Å². The van der Waals surface area contributed by atoms with Crippen molar-refractivity contribution in [2.24, 2.45) is 0 Å². The van der Waals surface area contributed by atoms with E-state index in [1.807, 2.05) is 30.3 Å². The highest BCUT2D eigenvalue weighted by atomic mass is 19.4. The smallest absolute Gasteiger partial charge is 0.416 e. The van der Waals surface area contributed by atoms with Gasteiger partial charge in [0.25, 0.3) is 0 Å². The molecule has 0 aromatic heterocycles. The highest BCUT2D eigenvalue weighted by Gasteiger charge is 2.29. The van der Waals surface area contributed by atoms with Gasteiger partial charge in [-0.15, -0.1) is 0 Å². The van der Waals surface area contributed by atoms with Gasteiger partial charge in [-0.1, -0.05) is 48.5 Å². The molecule has 0 radical (unpaired) electrons. The molecule has 0 saturated heterocycles. The molecule has 130 valence electrons. The second-order valence-electron chi connectivity index (χ2n) is 5.67. The third-order valence-electron chi connectivity index (χ3n) is 3.88. The van der Waals surface area contributed by atoms with Crippen molar-refractivity contribution < 1.29 is 17.9 Å². The zero-order chi connectivity index (χ0) is 18.6. The lowest BCUT2D eigenvalue weighted by Gasteiger charge is -2.11. The van der Waals surface area contributed by atoms with E-state index in [2.05, 4.69) is 6.07 Å². The van der Waals surface area contributed by atoms with Gasteiger partial charge in [0.05, 0.1) is 11.1 Å². The monoisotopic (exact) mass is 353 g/mol. The molecule has 5 heteroatoms. The van der Waals surface area contributed by atoms with Gasteiger partial charge in [-0.2, -0.15) is 18.4 Å². The first-order chi connectivity index (χ1) is 12.5. The number of nitrogens with zero attached hydrogens (tertiary/aromatic N) is 1. The largest absolute Gasteiger partial charge is 0.488 e. The van der Waals surface area contributed by atoms with Crippen LogP contribution in [0.3, 0.4) is 0 Å². The number of ether oxygens (including phenoxy) is 1. The second-order valence-corrected chi connectivity index (χ2v) is 5.67. The van der Waals surface area contributed by atoms with Crippen LogP contribution >= 0.6 is 0 Å². The number of hydrogen-bond acceptors (Lipinski definition) is 2. The molecule has 0 fully saturated rings. The van der Waals surface area contributed by atoms with E-state index in [9.17, 15) is 18.4 Å². The minimum atomic E-state index is -4.37. The Morgan fingerprint density at radius 1 is 0.846 bits per heavy atom. The highest BCUT2D eigenvalue weighted by molar-refractivity contribution is 5.67. The van der Waals surface area contributed by atoms with Gasteiger partial charge in [-0.25, -0.2) is 0 Å². The van der Waals surface area contributed by atoms with E-state index < -0.39 is 11.7 Å². The van der Waals surface area contributed by atoms with Gasteiger partial charge in [0.1, 0.15) is 18.4 Å². The fourth-order valence-corrected chi connectivity index (χ4v) is 2.51. The molecule has 0 unspecified atom stereocenters. The number of halogens is 3. The van der Waals surface area contributed by atoms with Gasteiger partial charge in [0, 0.05) is 0 Å². The summed E-state index contributed by atoms with van der Waals surface area (Å²) < 4.78 is 43.7. The minimum absolute atomic E-state index is 0.329. The van der Waals surface area contributed by atoms with E-state index in [0.29, 0.717) is 29.0 Å². The Kier molecular flexibility index (Phi) is 4.94. The normalized spacial score (nSPS) is 11.0. The molecular weight excluding hydrogens is 339 g/mol. The second kappa shape index (κ2) is 7.32.